The molecule has 0 saturated heterocycles. The number of thiophene rings is 1. The number of pyridine rings is 1. The molecule has 2 aromatic heterocycles. The maximum Gasteiger partial charge on any atom is 0.250 e. The third-order valence-corrected chi connectivity index (χ3v) is 5.16. The summed E-state index contributed by atoms with van der Waals surface area (Å²) in [5.74, 6) is 0. The minimum Gasteiger partial charge on any atom is -0.260 e. The standard InChI is InChI=1S/C11H12N2O2S2/c1-9(10-5-2-3-7-12-10)13-17(14,15)11-6-4-8-16-11/h2-9,13H,1H3/t9-/m0/s1. The molecule has 0 radical (unpaired) electrons. The average Bonchev–Trinajstić information content (AvgIpc) is 2.84. The lowest BCUT2D eigenvalue weighted by Crippen LogP contribution is -2.26. The van der Waals surface area contributed by atoms with Crippen molar-refractivity contribution in [2.45, 2.75) is 17.2 Å². The number of rotatable bonds is 4. The van der Waals surface area contributed by atoms with Crippen LogP contribution in [0.4, 0.5) is 0 Å². The minimum atomic E-state index is -3.44. The SMILES string of the molecule is C[C@H](NS(=O)(=O)c1cccs1)c1ccccn1. The predicted molar refractivity (Wildman–Crippen MR) is 67.3 cm³/mol. The van der Waals surface area contributed by atoms with Crippen LogP contribution in [0.3, 0.4) is 0 Å². The van der Waals surface area contributed by atoms with E-state index in [1.807, 2.05) is 6.07 Å². The number of sulfonamides is 1. The molecule has 0 unspecified atom stereocenters. The van der Waals surface area contributed by atoms with Gasteiger partial charge in [-0.3, -0.25) is 4.98 Å². The lowest BCUT2D eigenvalue weighted by molar-refractivity contribution is 0.566. The molecule has 17 heavy (non-hydrogen) atoms. The molecule has 0 bridgehead atoms. The van der Waals surface area contributed by atoms with Gasteiger partial charge in [0.25, 0.3) is 10.0 Å². The van der Waals surface area contributed by atoms with Crippen LogP contribution >= 0.6 is 11.3 Å². The molecule has 1 N–H and O–H groups in total. The summed E-state index contributed by atoms with van der Waals surface area (Å²) in [5, 5.41) is 1.74. The first-order valence-corrected chi connectivity index (χ1v) is 7.42. The fourth-order valence-corrected chi connectivity index (χ4v) is 3.63. The van der Waals surface area contributed by atoms with Crippen LogP contribution in [0.15, 0.2) is 46.1 Å². The highest BCUT2D eigenvalue weighted by atomic mass is 32.2. The summed E-state index contributed by atoms with van der Waals surface area (Å²) in [5.41, 5.74) is 0.702. The van der Waals surface area contributed by atoms with Crippen LogP contribution in [0, 0.1) is 0 Å². The van der Waals surface area contributed by atoms with Crippen molar-refractivity contribution in [1.29, 1.82) is 0 Å². The van der Waals surface area contributed by atoms with Crippen molar-refractivity contribution in [2.24, 2.45) is 0 Å². The van der Waals surface area contributed by atoms with Crippen molar-refractivity contribution in [3.63, 3.8) is 0 Å². The summed E-state index contributed by atoms with van der Waals surface area (Å²) in [7, 11) is -3.44. The number of aromatic nitrogens is 1. The summed E-state index contributed by atoms with van der Waals surface area (Å²) < 4.78 is 26.8. The molecule has 1 atom stereocenters. The van der Waals surface area contributed by atoms with Gasteiger partial charge in [-0.15, -0.1) is 11.3 Å². The maximum absolute atomic E-state index is 11.9. The smallest absolute Gasteiger partial charge is 0.250 e. The number of nitrogens with one attached hydrogen (secondary N) is 1. The van der Waals surface area contributed by atoms with Gasteiger partial charge < -0.3 is 0 Å². The van der Waals surface area contributed by atoms with Gasteiger partial charge in [-0.2, -0.15) is 0 Å². The molecule has 2 aromatic rings. The number of hydrogen-bond donors (Lipinski definition) is 1. The second-order valence-electron chi connectivity index (χ2n) is 3.53. The zero-order valence-electron chi connectivity index (χ0n) is 9.20. The Morgan fingerprint density at radius 3 is 2.71 bits per heavy atom. The number of nitrogens with zero attached hydrogens (tertiary/aromatic N) is 1. The fraction of sp³-hybridized carbons (Fsp3) is 0.182. The summed E-state index contributed by atoms with van der Waals surface area (Å²) in [6.45, 7) is 1.77. The highest BCUT2D eigenvalue weighted by molar-refractivity contribution is 7.91. The largest absolute Gasteiger partial charge is 0.260 e. The van der Waals surface area contributed by atoms with Gasteiger partial charge in [0.05, 0.1) is 11.7 Å². The molecule has 4 nitrogen and oxygen atoms in total. The second kappa shape index (κ2) is 4.95. The van der Waals surface area contributed by atoms with Gasteiger partial charge >= 0.3 is 0 Å². The van der Waals surface area contributed by atoms with E-state index in [0.29, 0.717) is 9.90 Å². The molecule has 0 aliphatic rings. The van der Waals surface area contributed by atoms with Crippen molar-refractivity contribution in [3.8, 4) is 0 Å². The van der Waals surface area contributed by atoms with Crippen LogP contribution in [0.2, 0.25) is 0 Å². The van der Waals surface area contributed by atoms with Crippen molar-refractivity contribution < 1.29 is 8.42 Å². The molecular formula is C11H12N2O2S2. The summed E-state index contributed by atoms with van der Waals surface area (Å²) in [6.07, 6.45) is 1.64. The van der Waals surface area contributed by atoms with E-state index in [1.54, 1.807) is 42.8 Å². The molecule has 0 aromatic carbocycles. The van der Waals surface area contributed by atoms with Crippen LogP contribution in [0.5, 0.6) is 0 Å². The Labute approximate surface area is 104 Å². The van der Waals surface area contributed by atoms with E-state index in [1.165, 1.54) is 11.3 Å². The van der Waals surface area contributed by atoms with Gasteiger partial charge in [0.15, 0.2) is 0 Å². The summed E-state index contributed by atoms with van der Waals surface area (Å²) in [6, 6.07) is 8.37. The first-order chi connectivity index (χ1) is 8.09. The Kier molecular flexibility index (Phi) is 3.56. The first-order valence-electron chi connectivity index (χ1n) is 5.06. The van der Waals surface area contributed by atoms with Crippen LogP contribution in [-0.4, -0.2) is 13.4 Å². The molecule has 0 aliphatic heterocycles. The zero-order valence-corrected chi connectivity index (χ0v) is 10.8. The Bertz CT molecular complexity index is 565. The second-order valence-corrected chi connectivity index (χ2v) is 6.42. The molecule has 2 rings (SSSR count). The molecule has 2 heterocycles. The van der Waals surface area contributed by atoms with E-state index in [-0.39, 0.29) is 6.04 Å². The predicted octanol–water partition coefficient (Wildman–Crippen LogP) is 2.18. The van der Waals surface area contributed by atoms with E-state index in [0.717, 1.165) is 0 Å². The average molecular weight is 268 g/mol. The van der Waals surface area contributed by atoms with E-state index in [4.69, 9.17) is 0 Å². The van der Waals surface area contributed by atoms with E-state index in [2.05, 4.69) is 9.71 Å². The maximum atomic E-state index is 11.9. The topological polar surface area (TPSA) is 59.1 Å². The Hall–Kier alpha value is -1.24. The highest BCUT2D eigenvalue weighted by Gasteiger charge is 2.19. The van der Waals surface area contributed by atoms with E-state index in [9.17, 15) is 8.42 Å². The van der Waals surface area contributed by atoms with E-state index < -0.39 is 10.0 Å². The Morgan fingerprint density at radius 2 is 2.12 bits per heavy atom. The monoisotopic (exact) mass is 268 g/mol. The summed E-state index contributed by atoms with van der Waals surface area (Å²) >= 11 is 1.20. The quantitative estimate of drug-likeness (QED) is 0.924. The molecule has 0 spiro atoms. The first kappa shape index (κ1) is 12.2. The summed E-state index contributed by atoms with van der Waals surface area (Å²) in [4.78, 5) is 4.12. The lowest BCUT2D eigenvalue weighted by atomic mass is 10.2. The van der Waals surface area contributed by atoms with Crippen LogP contribution in [-0.2, 0) is 10.0 Å². The van der Waals surface area contributed by atoms with Gasteiger partial charge in [-0.1, -0.05) is 12.1 Å². The Morgan fingerprint density at radius 1 is 1.29 bits per heavy atom. The molecule has 0 amide bonds. The zero-order chi connectivity index (χ0) is 12.3. The van der Waals surface area contributed by atoms with Crippen molar-refractivity contribution >= 4 is 21.4 Å². The van der Waals surface area contributed by atoms with Crippen LogP contribution in [0.25, 0.3) is 0 Å². The van der Waals surface area contributed by atoms with E-state index >= 15 is 0 Å². The minimum absolute atomic E-state index is 0.320. The van der Waals surface area contributed by atoms with Crippen LogP contribution in [0.1, 0.15) is 18.7 Å². The van der Waals surface area contributed by atoms with Gasteiger partial charge in [-0.25, -0.2) is 13.1 Å². The van der Waals surface area contributed by atoms with Crippen molar-refractivity contribution in [1.82, 2.24) is 9.71 Å². The van der Waals surface area contributed by atoms with Gasteiger partial charge in [0.2, 0.25) is 0 Å². The number of hydrogen-bond acceptors (Lipinski definition) is 4. The van der Waals surface area contributed by atoms with Gasteiger partial charge in [0, 0.05) is 6.20 Å². The third-order valence-electron chi connectivity index (χ3n) is 2.22. The Balaban J connectivity index is 2.17. The molecular weight excluding hydrogens is 256 g/mol. The lowest BCUT2D eigenvalue weighted by Gasteiger charge is -2.12. The van der Waals surface area contributed by atoms with Crippen molar-refractivity contribution in [3.05, 3.63) is 47.6 Å². The fourth-order valence-electron chi connectivity index (χ4n) is 1.40. The molecule has 0 aliphatic carbocycles. The molecule has 6 heteroatoms. The molecule has 0 saturated carbocycles. The third kappa shape index (κ3) is 2.91. The normalized spacial score (nSPS) is 13.5. The molecule has 0 fully saturated rings. The molecule has 90 valence electrons. The van der Waals surface area contributed by atoms with Crippen LogP contribution < -0.4 is 4.72 Å². The highest BCUT2D eigenvalue weighted by Crippen LogP contribution is 2.18. The van der Waals surface area contributed by atoms with Gasteiger partial charge in [-0.05, 0) is 30.5 Å². The van der Waals surface area contributed by atoms with Gasteiger partial charge in [0.1, 0.15) is 4.21 Å². The van der Waals surface area contributed by atoms with Crippen molar-refractivity contribution in [2.75, 3.05) is 0 Å².